The highest BCUT2D eigenvalue weighted by molar-refractivity contribution is 7.89. The van der Waals surface area contributed by atoms with Crippen LogP contribution in [0.4, 0.5) is 0 Å². The van der Waals surface area contributed by atoms with Crippen molar-refractivity contribution < 1.29 is 13.2 Å². The topological polar surface area (TPSA) is 69.7 Å². The molecule has 2 aromatic rings. The number of piperazine rings is 1. The Hall–Kier alpha value is -1.64. The molecule has 150 valence electrons. The monoisotopic (exact) mass is 441 g/mol. The Labute approximate surface area is 175 Å². The fraction of sp³-hybridized carbons (Fsp3) is 0.316. The predicted molar refractivity (Wildman–Crippen MR) is 110 cm³/mol. The van der Waals surface area contributed by atoms with Gasteiger partial charge in [-0.2, -0.15) is 4.31 Å². The van der Waals surface area contributed by atoms with Crippen LogP contribution in [-0.2, 0) is 21.4 Å². The quantitative estimate of drug-likeness (QED) is 0.747. The number of nitrogens with zero attached hydrogens (tertiary/aromatic N) is 2. The third-order valence-corrected chi connectivity index (χ3v) is 6.92. The normalized spacial score (nSPS) is 16.1. The van der Waals surface area contributed by atoms with Gasteiger partial charge in [-0.1, -0.05) is 41.4 Å². The summed E-state index contributed by atoms with van der Waals surface area (Å²) in [5.41, 5.74) is 0.968. The van der Waals surface area contributed by atoms with E-state index in [4.69, 9.17) is 23.2 Å². The molecule has 28 heavy (non-hydrogen) atoms. The molecule has 0 saturated carbocycles. The maximum absolute atomic E-state index is 12.7. The van der Waals surface area contributed by atoms with Gasteiger partial charge >= 0.3 is 0 Å². The molecule has 2 aromatic carbocycles. The van der Waals surface area contributed by atoms with Gasteiger partial charge in [0.05, 0.1) is 11.4 Å². The number of nitrogens with one attached hydrogen (secondary N) is 1. The average Bonchev–Trinajstić information content (AvgIpc) is 2.68. The molecule has 1 aliphatic rings. The SMILES string of the molecule is O=C(CN1CCN(S(=O)(=O)c2cccc(Cl)c2)CC1)NCc1ccc(Cl)cc1. The van der Waals surface area contributed by atoms with Gasteiger partial charge in [0.15, 0.2) is 0 Å². The second-order valence-electron chi connectivity index (χ2n) is 6.54. The molecular weight excluding hydrogens is 421 g/mol. The number of benzene rings is 2. The smallest absolute Gasteiger partial charge is 0.243 e. The van der Waals surface area contributed by atoms with E-state index in [0.29, 0.717) is 42.8 Å². The number of hydrogen-bond donors (Lipinski definition) is 1. The summed E-state index contributed by atoms with van der Waals surface area (Å²) >= 11 is 11.8. The highest BCUT2D eigenvalue weighted by atomic mass is 35.5. The van der Waals surface area contributed by atoms with Gasteiger partial charge in [-0.25, -0.2) is 8.42 Å². The molecule has 0 aromatic heterocycles. The first-order valence-corrected chi connectivity index (χ1v) is 11.0. The van der Waals surface area contributed by atoms with Crippen LogP contribution in [0.1, 0.15) is 5.56 Å². The Morgan fingerprint density at radius 2 is 1.64 bits per heavy atom. The molecule has 1 amide bonds. The molecule has 1 aliphatic heterocycles. The van der Waals surface area contributed by atoms with Crippen LogP contribution in [0, 0.1) is 0 Å². The molecule has 1 fully saturated rings. The second kappa shape index (κ2) is 9.24. The second-order valence-corrected chi connectivity index (χ2v) is 9.35. The first-order valence-electron chi connectivity index (χ1n) is 8.84. The van der Waals surface area contributed by atoms with E-state index in [1.54, 1.807) is 24.3 Å². The van der Waals surface area contributed by atoms with E-state index in [2.05, 4.69) is 5.32 Å². The Morgan fingerprint density at radius 1 is 0.964 bits per heavy atom. The van der Waals surface area contributed by atoms with Crippen molar-refractivity contribution in [3.8, 4) is 0 Å². The lowest BCUT2D eigenvalue weighted by atomic mass is 10.2. The zero-order valence-corrected chi connectivity index (χ0v) is 17.5. The van der Waals surface area contributed by atoms with E-state index < -0.39 is 10.0 Å². The Kier molecular flexibility index (Phi) is 6.95. The molecule has 1 N–H and O–H groups in total. The molecule has 1 saturated heterocycles. The van der Waals surface area contributed by atoms with Crippen LogP contribution in [0.15, 0.2) is 53.4 Å². The molecule has 3 rings (SSSR count). The van der Waals surface area contributed by atoms with E-state index in [1.165, 1.54) is 16.4 Å². The van der Waals surface area contributed by atoms with Crippen molar-refractivity contribution in [1.82, 2.24) is 14.5 Å². The van der Waals surface area contributed by atoms with Gasteiger partial charge in [-0.05, 0) is 35.9 Å². The summed E-state index contributed by atoms with van der Waals surface area (Å²) in [5, 5.41) is 3.91. The van der Waals surface area contributed by atoms with Gasteiger partial charge in [0.2, 0.25) is 15.9 Å². The molecule has 0 atom stereocenters. The largest absolute Gasteiger partial charge is 0.351 e. The summed E-state index contributed by atoms with van der Waals surface area (Å²) < 4.78 is 26.9. The number of sulfonamides is 1. The molecule has 6 nitrogen and oxygen atoms in total. The fourth-order valence-electron chi connectivity index (χ4n) is 2.97. The number of halogens is 2. The standard InChI is InChI=1S/C19H21Cl2N3O3S/c20-16-6-4-15(5-7-16)13-22-19(25)14-23-8-10-24(11-9-23)28(26,27)18-3-1-2-17(21)12-18/h1-7,12H,8-11,13-14H2,(H,22,25). The van der Waals surface area contributed by atoms with Gasteiger partial charge in [0, 0.05) is 42.8 Å². The number of hydrogen-bond acceptors (Lipinski definition) is 4. The summed E-state index contributed by atoms with van der Waals surface area (Å²) in [6, 6.07) is 13.5. The van der Waals surface area contributed by atoms with Crippen molar-refractivity contribution in [3.05, 3.63) is 64.1 Å². The van der Waals surface area contributed by atoms with Gasteiger partial charge in [-0.15, -0.1) is 0 Å². The Morgan fingerprint density at radius 3 is 2.29 bits per heavy atom. The first kappa shape index (κ1) is 21.1. The highest BCUT2D eigenvalue weighted by Crippen LogP contribution is 2.20. The maximum Gasteiger partial charge on any atom is 0.243 e. The van der Waals surface area contributed by atoms with E-state index in [9.17, 15) is 13.2 Å². The number of amides is 1. The lowest BCUT2D eigenvalue weighted by molar-refractivity contribution is -0.122. The number of carbonyl (C=O) groups is 1. The van der Waals surface area contributed by atoms with Crippen molar-refractivity contribution in [1.29, 1.82) is 0 Å². The summed E-state index contributed by atoms with van der Waals surface area (Å²) in [6.07, 6.45) is 0. The van der Waals surface area contributed by atoms with E-state index in [1.807, 2.05) is 17.0 Å². The summed E-state index contributed by atoms with van der Waals surface area (Å²) in [4.78, 5) is 14.3. The lowest BCUT2D eigenvalue weighted by Crippen LogP contribution is -2.50. The molecule has 0 spiro atoms. The van der Waals surface area contributed by atoms with Crippen LogP contribution in [0.25, 0.3) is 0 Å². The van der Waals surface area contributed by atoms with E-state index in [-0.39, 0.29) is 17.3 Å². The van der Waals surface area contributed by atoms with Crippen LogP contribution in [0.2, 0.25) is 10.0 Å². The molecule has 0 bridgehead atoms. The summed E-state index contributed by atoms with van der Waals surface area (Å²) in [6.45, 7) is 2.32. The first-order chi connectivity index (χ1) is 13.3. The van der Waals surface area contributed by atoms with Crippen molar-refractivity contribution >= 4 is 39.1 Å². The van der Waals surface area contributed by atoms with Crippen molar-refractivity contribution in [3.63, 3.8) is 0 Å². The molecule has 9 heteroatoms. The van der Waals surface area contributed by atoms with Crippen LogP contribution in [0.5, 0.6) is 0 Å². The van der Waals surface area contributed by atoms with Crippen LogP contribution < -0.4 is 5.32 Å². The van der Waals surface area contributed by atoms with Gasteiger partial charge in [-0.3, -0.25) is 9.69 Å². The van der Waals surface area contributed by atoms with Crippen molar-refractivity contribution in [2.24, 2.45) is 0 Å². The Bertz CT molecular complexity index is 928. The minimum Gasteiger partial charge on any atom is -0.351 e. The van der Waals surface area contributed by atoms with Gasteiger partial charge in [0.1, 0.15) is 0 Å². The lowest BCUT2D eigenvalue weighted by Gasteiger charge is -2.33. The fourth-order valence-corrected chi connectivity index (χ4v) is 4.82. The van der Waals surface area contributed by atoms with Crippen LogP contribution in [-0.4, -0.2) is 56.3 Å². The molecule has 1 heterocycles. The third-order valence-electron chi connectivity index (χ3n) is 4.54. The molecular formula is C19H21Cl2N3O3S. The van der Waals surface area contributed by atoms with Crippen molar-refractivity contribution in [2.75, 3.05) is 32.7 Å². The molecule has 0 unspecified atom stereocenters. The summed E-state index contributed by atoms with van der Waals surface area (Å²) in [5.74, 6) is -0.0962. The molecule has 0 aliphatic carbocycles. The number of carbonyl (C=O) groups excluding carboxylic acids is 1. The predicted octanol–water partition coefficient (Wildman–Crippen LogP) is 2.62. The van der Waals surface area contributed by atoms with Gasteiger partial charge < -0.3 is 5.32 Å². The van der Waals surface area contributed by atoms with E-state index >= 15 is 0 Å². The molecule has 0 radical (unpaired) electrons. The summed E-state index contributed by atoms with van der Waals surface area (Å²) in [7, 11) is -3.58. The minimum absolute atomic E-state index is 0.0962. The zero-order valence-electron chi connectivity index (χ0n) is 15.1. The van der Waals surface area contributed by atoms with Crippen LogP contribution >= 0.6 is 23.2 Å². The Balaban J connectivity index is 1.48. The van der Waals surface area contributed by atoms with Crippen molar-refractivity contribution in [2.45, 2.75) is 11.4 Å². The highest BCUT2D eigenvalue weighted by Gasteiger charge is 2.29. The minimum atomic E-state index is -3.58. The maximum atomic E-state index is 12.7. The average molecular weight is 442 g/mol. The van der Waals surface area contributed by atoms with Gasteiger partial charge in [0.25, 0.3) is 0 Å². The van der Waals surface area contributed by atoms with Crippen LogP contribution in [0.3, 0.4) is 0 Å². The number of rotatable bonds is 6. The zero-order chi connectivity index (χ0) is 20.1. The van der Waals surface area contributed by atoms with E-state index in [0.717, 1.165) is 5.56 Å². The third kappa shape index (κ3) is 5.46.